The molecule has 2 nitrogen and oxygen atoms in total. The van der Waals surface area contributed by atoms with E-state index in [1.54, 1.807) is 11.3 Å². The molecule has 0 aliphatic heterocycles. The van der Waals surface area contributed by atoms with Crippen molar-refractivity contribution in [2.75, 3.05) is 6.61 Å². The molecule has 5 heteroatoms. The first-order chi connectivity index (χ1) is 6.13. The van der Waals surface area contributed by atoms with Crippen LogP contribution in [0.1, 0.15) is 12.5 Å². The van der Waals surface area contributed by atoms with Crippen molar-refractivity contribution in [1.29, 1.82) is 0 Å². The van der Waals surface area contributed by atoms with E-state index in [1.165, 1.54) is 5.56 Å². The number of aliphatic hydroxyl groups is 1. The molecular weight excluding hydrogens is 318 g/mol. The number of nitrogens with one attached hydrogen (secondary N) is 1. The zero-order valence-corrected chi connectivity index (χ0v) is 11.2. The zero-order valence-electron chi connectivity index (χ0n) is 7.18. The third-order valence-corrected chi connectivity index (χ3v) is 4.11. The van der Waals surface area contributed by atoms with Gasteiger partial charge in [0, 0.05) is 12.6 Å². The van der Waals surface area contributed by atoms with Gasteiger partial charge in [0.1, 0.15) is 0 Å². The first-order valence-corrected chi connectivity index (χ1v) is 6.31. The van der Waals surface area contributed by atoms with Gasteiger partial charge >= 0.3 is 0 Å². The Balaban J connectivity index is 2.49. The molecule has 0 aromatic carbocycles. The SMILES string of the molecule is CC(CO)NCc1cc(Br)sc1Br. The standard InChI is InChI=1S/C8H11Br2NOS/c1-5(4-12)11-3-6-2-7(9)13-8(6)10/h2,5,11-12H,3-4H2,1H3. The summed E-state index contributed by atoms with van der Waals surface area (Å²) in [6.07, 6.45) is 0. The second kappa shape index (κ2) is 5.46. The van der Waals surface area contributed by atoms with E-state index in [0.717, 1.165) is 14.1 Å². The third kappa shape index (κ3) is 3.67. The van der Waals surface area contributed by atoms with Crippen molar-refractivity contribution >= 4 is 43.2 Å². The Morgan fingerprint density at radius 3 is 2.77 bits per heavy atom. The van der Waals surface area contributed by atoms with Gasteiger partial charge in [0.2, 0.25) is 0 Å². The predicted octanol–water partition coefficient (Wildman–Crippen LogP) is 2.74. The first-order valence-electron chi connectivity index (χ1n) is 3.91. The second-order valence-corrected chi connectivity index (χ2v) is 6.56. The van der Waals surface area contributed by atoms with Crippen LogP contribution in [0.5, 0.6) is 0 Å². The fourth-order valence-electron chi connectivity index (χ4n) is 0.844. The summed E-state index contributed by atoms with van der Waals surface area (Å²) >= 11 is 8.55. The van der Waals surface area contributed by atoms with Crippen molar-refractivity contribution < 1.29 is 5.11 Å². The van der Waals surface area contributed by atoms with E-state index in [0.29, 0.717) is 0 Å². The van der Waals surface area contributed by atoms with Gasteiger partial charge in [0.25, 0.3) is 0 Å². The Morgan fingerprint density at radius 1 is 1.62 bits per heavy atom. The molecule has 0 amide bonds. The number of aliphatic hydroxyl groups excluding tert-OH is 1. The Kier molecular flexibility index (Phi) is 4.89. The molecule has 1 aromatic rings. The Bertz CT molecular complexity index is 277. The summed E-state index contributed by atoms with van der Waals surface area (Å²) in [5.74, 6) is 0. The van der Waals surface area contributed by atoms with Gasteiger partial charge in [0.05, 0.1) is 14.2 Å². The van der Waals surface area contributed by atoms with Crippen LogP contribution in [0.4, 0.5) is 0 Å². The van der Waals surface area contributed by atoms with Crippen LogP contribution in [0, 0.1) is 0 Å². The smallest absolute Gasteiger partial charge is 0.0755 e. The minimum atomic E-state index is 0.144. The van der Waals surface area contributed by atoms with Gasteiger partial charge in [0.15, 0.2) is 0 Å². The summed E-state index contributed by atoms with van der Waals surface area (Å²) < 4.78 is 2.25. The summed E-state index contributed by atoms with van der Waals surface area (Å²) in [6, 6.07) is 2.22. The largest absolute Gasteiger partial charge is 0.395 e. The van der Waals surface area contributed by atoms with Crippen molar-refractivity contribution in [3.05, 3.63) is 19.2 Å². The predicted molar refractivity (Wildman–Crippen MR) is 63.1 cm³/mol. The fraction of sp³-hybridized carbons (Fsp3) is 0.500. The average Bonchev–Trinajstić information content (AvgIpc) is 2.41. The number of rotatable bonds is 4. The maximum atomic E-state index is 8.81. The minimum Gasteiger partial charge on any atom is -0.395 e. The van der Waals surface area contributed by atoms with Crippen LogP contribution in [0.2, 0.25) is 0 Å². The van der Waals surface area contributed by atoms with E-state index < -0.39 is 0 Å². The van der Waals surface area contributed by atoms with Crippen LogP contribution in [-0.2, 0) is 6.54 Å². The molecule has 0 aliphatic carbocycles. The minimum absolute atomic E-state index is 0.144. The van der Waals surface area contributed by atoms with Crippen LogP contribution < -0.4 is 5.32 Å². The molecule has 74 valence electrons. The number of hydrogen-bond donors (Lipinski definition) is 2. The maximum Gasteiger partial charge on any atom is 0.0755 e. The van der Waals surface area contributed by atoms with Crippen molar-refractivity contribution in [3.8, 4) is 0 Å². The number of thiophene rings is 1. The molecule has 0 radical (unpaired) electrons. The monoisotopic (exact) mass is 327 g/mol. The van der Waals surface area contributed by atoms with E-state index in [1.807, 2.05) is 6.92 Å². The highest BCUT2D eigenvalue weighted by Crippen LogP contribution is 2.31. The normalized spacial score (nSPS) is 13.2. The number of hydrogen-bond acceptors (Lipinski definition) is 3. The quantitative estimate of drug-likeness (QED) is 0.890. The van der Waals surface area contributed by atoms with Gasteiger partial charge in [-0.1, -0.05) is 0 Å². The molecule has 0 saturated carbocycles. The molecule has 0 bridgehead atoms. The Labute approximate surface area is 98.6 Å². The van der Waals surface area contributed by atoms with Crippen molar-refractivity contribution in [1.82, 2.24) is 5.32 Å². The third-order valence-electron chi connectivity index (χ3n) is 1.64. The molecule has 0 fully saturated rings. The highest BCUT2D eigenvalue weighted by atomic mass is 79.9. The highest BCUT2D eigenvalue weighted by molar-refractivity contribution is 9.12. The van der Waals surface area contributed by atoms with Gasteiger partial charge in [-0.2, -0.15) is 0 Å². The van der Waals surface area contributed by atoms with Crippen LogP contribution in [0.3, 0.4) is 0 Å². The highest BCUT2D eigenvalue weighted by Gasteiger charge is 2.06. The molecule has 1 rings (SSSR count). The van der Waals surface area contributed by atoms with Crippen LogP contribution in [0.25, 0.3) is 0 Å². The lowest BCUT2D eigenvalue weighted by molar-refractivity contribution is 0.251. The van der Waals surface area contributed by atoms with E-state index in [4.69, 9.17) is 5.11 Å². The molecule has 1 aromatic heterocycles. The summed E-state index contributed by atoms with van der Waals surface area (Å²) in [6.45, 7) is 2.91. The maximum absolute atomic E-state index is 8.81. The molecule has 2 N–H and O–H groups in total. The molecule has 0 aliphatic rings. The molecule has 1 atom stereocenters. The fourth-order valence-corrected chi connectivity index (χ4v) is 3.67. The van der Waals surface area contributed by atoms with E-state index in [9.17, 15) is 0 Å². The molecule has 1 unspecified atom stereocenters. The van der Waals surface area contributed by atoms with Crippen LogP contribution in [-0.4, -0.2) is 17.8 Å². The van der Waals surface area contributed by atoms with Gasteiger partial charge < -0.3 is 10.4 Å². The van der Waals surface area contributed by atoms with Gasteiger partial charge in [-0.25, -0.2) is 0 Å². The van der Waals surface area contributed by atoms with Crippen LogP contribution in [0.15, 0.2) is 13.6 Å². The first kappa shape index (κ1) is 11.7. The van der Waals surface area contributed by atoms with Crippen molar-refractivity contribution in [3.63, 3.8) is 0 Å². The van der Waals surface area contributed by atoms with Gasteiger partial charge in [-0.15, -0.1) is 11.3 Å². The molecule has 1 heterocycles. The van der Waals surface area contributed by atoms with Gasteiger partial charge in [-0.05, 0) is 50.4 Å². The van der Waals surface area contributed by atoms with Crippen molar-refractivity contribution in [2.24, 2.45) is 0 Å². The summed E-state index contributed by atoms with van der Waals surface area (Å²) in [5, 5.41) is 12.0. The molecular formula is C8H11Br2NOS. The Morgan fingerprint density at radius 2 is 2.31 bits per heavy atom. The van der Waals surface area contributed by atoms with Crippen molar-refractivity contribution in [2.45, 2.75) is 19.5 Å². The average molecular weight is 329 g/mol. The summed E-state index contributed by atoms with van der Waals surface area (Å²) in [7, 11) is 0. The van der Waals surface area contributed by atoms with Gasteiger partial charge in [-0.3, -0.25) is 0 Å². The molecule has 13 heavy (non-hydrogen) atoms. The molecule has 0 spiro atoms. The lowest BCUT2D eigenvalue weighted by Gasteiger charge is -2.09. The Hall–Kier alpha value is 0.580. The molecule has 0 saturated heterocycles. The lowest BCUT2D eigenvalue weighted by Crippen LogP contribution is -2.28. The topological polar surface area (TPSA) is 32.3 Å². The van der Waals surface area contributed by atoms with E-state index >= 15 is 0 Å². The lowest BCUT2D eigenvalue weighted by atomic mass is 10.3. The van der Waals surface area contributed by atoms with E-state index in [2.05, 4.69) is 43.2 Å². The number of halogens is 2. The van der Waals surface area contributed by atoms with Crippen LogP contribution >= 0.6 is 43.2 Å². The van der Waals surface area contributed by atoms with E-state index in [-0.39, 0.29) is 12.6 Å². The summed E-state index contributed by atoms with van der Waals surface area (Å²) in [4.78, 5) is 0. The summed E-state index contributed by atoms with van der Waals surface area (Å²) in [5.41, 5.74) is 1.22. The zero-order chi connectivity index (χ0) is 9.84. The second-order valence-electron chi connectivity index (χ2n) is 2.81.